The van der Waals surface area contributed by atoms with Gasteiger partial charge in [-0.15, -0.1) is 12.4 Å². The number of nitrogens with zero attached hydrogens (tertiary/aromatic N) is 1. The van der Waals surface area contributed by atoms with Crippen LogP contribution < -0.4 is 10.1 Å². The van der Waals surface area contributed by atoms with Gasteiger partial charge in [-0.2, -0.15) is 0 Å². The fourth-order valence-corrected chi connectivity index (χ4v) is 1.52. The van der Waals surface area contributed by atoms with Crippen molar-refractivity contribution >= 4 is 24.0 Å². The van der Waals surface area contributed by atoms with Gasteiger partial charge in [-0.05, 0) is 35.9 Å². The summed E-state index contributed by atoms with van der Waals surface area (Å²) in [5, 5.41) is 2.70. The van der Waals surface area contributed by atoms with Crippen molar-refractivity contribution in [2.75, 3.05) is 5.32 Å². The lowest BCUT2D eigenvalue weighted by Crippen LogP contribution is -2.09. The molecule has 0 aliphatic carbocycles. The van der Waals surface area contributed by atoms with E-state index in [0.717, 1.165) is 5.56 Å². The number of carbonyl (C=O) groups excluding carboxylic acids is 1. The molecule has 1 N–H and O–H groups in total. The number of pyridine rings is 1. The maximum absolute atomic E-state index is 11.3. The Labute approximate surface area is 123 Å². The molecule has 20 heavy (non-hydrogen) atoms. The summed E-state index contributed by atoms with van der Waals surface area (Å²) >= 11 is 0. The Bertz CT molecular complexity index is 573. The summed E-state index contributed by atoms with van der Waals surface area (Å²) in [6, 6.07) is 11.0. The van der Waals surface area contributed by atoms with E-state index in [-0.39, 0.29) is 18.3 Å². The lowest BCUT2D eigenvalue weighted by molar-refractivity contribution is -0.111. The molecule has 0 aliphatic heterocycles. The summed E-state index contributed by atoms with van der Waals surface area (Å²) in [4.78, 5) is 15.3. The molecule has 2 aromatic rings. The molecule has 1 aromatic heterocycles. The number of anilines is 1. The Balaban J connectivity index is 0.00000200. The van der Waals surface area contributed by atoms with Crippen LogP contribution in [0.2, 0.25) is 0 Å². The minimum Gasteiger partial charge on any atom is -0.487 e. The van der Waals surface area contributed by atoms with Crippen molar-refractivity contribution in [3.63, 3.8) is 0 Å². The molecule has 0 radical (unpaired) electrons. The molecule has 1 amide bonds. The number of carbonyl (C=O) groups is 1. The lowest BCUT2D eigenvalue weighted by Gasteiger charge is -2.11. The standard InChI is InChI=1S/C15H14N2O2.ClH/c1-2-15(18)17-13-5-3-4-6-14(13)19-11-12-7-9-16-10-8-12;/h2-10H,1,11H2,(H,17,18);1H. The van der Waals surface area contributed by atoms with Gasteiger partial charge in [0.05, 0.1) is 5.69 Å². The van der Waals surface area contributed by atoms with Crippen LogP contribution in [0.3, 0.4) is 0 Å². The number of hydrogen-bond donors (Lipinski definition) is 1. The quantitative estimate of drug-likeness (QED) is 0.860. The normalized spacial score (nSPS) is 9.20. The molecule has 4 nitrogen and oxygen atoms in total. The SMILES string of the molecule is C=CC(=O)Nc1ccccc1OCc1ccncc1.Cl. The number of rotatable bonds is 5. The summed E-state index contributed by atoms with van der Waals surface area (Å²) in [6.07, 6.45) is 4.65. The predicted molar refractivity (Wildman–Crippen MR) is 81.1 cm³/mol. The van der Waals surface area contributed by atoms with E-state index in [4.69, 9.17) is 4.74 Å². The van der Waals surface area contributed by atoms with Gasteiger partial charge in [0.15, 0.2) is 0 Å². The topological polar surface area (TPSA) is 51.2 Å². The number of aromatic nitrogens is 1. The lowest BCUT2D eigenvalue weighted by atomic mass is 10.2. The van der Waals surface area contributed by atoms with Gasteiger partial charge >= 0.3 is 0 Å². The summed E-state index contributed by atoms with van der Waals surface area (Å²) in [7, 11) is 0. The summed E-state index contributed by atoms with van der Waals surface area (Å²) in [6.45, 7) is 3.84. The number of halogens is 1. The first-order chi connectivity index (χ1) is 9.29. The maximum Gasteiger partial charge on any atom is 0.247 e. The monoisotopic (exact) mass is 290 g/mol. The van der Waals surface area contributed by atoms with Gasteiger partial charge in [0, 0.05) is 12.4 Å². The number of nitrogens with one attached hydrogen (secondary N) is 1. The zero-order valence-corrected chi connectivity index (χ0v) is 11.6. The molecule has 5 heteroatoms. The average Bonchev–Trinajstić information content (AvgIpc) is 2.47. The van der Waals surface area contributed by atoms with E-state index in [0.29, 0.717) is 18.0 Å². The van der Waals surface area contributed by atoms with Gasteiger partial charge in [-0.1, -0.05) is 18.7 Å². The first-order valence-corrected chi connectivity index (χ1v) is 5.84. The largest absolute Gasteiger partial charge is 0.487 e. The van der Waals surface area contributed by atoms with E-state index in [1.807, 2.05) is 24.3 Å². The number of hydrogen-bond acceptors (Lipinski definition) is 3. The van der Waals surface area contributed by atoms with Crippen molar-refractivity contribution in [2.24, 2.45) is 0 Å². The highest BCUT2D eigenvalue weighted by molar-refractivity contribution is 5.99. The third-order valence-corrected chi connectivity index (χ3v) is 2.47. The molecule has 0 saturated carbocycles. The Morgan fingerprint density at radius 3 is 2.65 bits per heavy atom. The Hall–Kier alpha value is -2.33. The van der Waals surface area contributed by atoms with Crippen LogP contribution in [0.25, 0.3) is 0 Å². The Kier molecular flexibility index (Phi) is 6.26. The van der Waals surface area contributed by atoms with Crippen LogP contribution in [-0.4, -0.2) is 10.9 Å². The van der Waals surface area contributed by atoms with E-state index in [9.17, 15) is 4.79 Å². The first-order valence-electron chi connectivity index (χ1n) is 5.84. The molecule has 1 aromatic carbocycles. The third-order valence-electron chi connectivity index (χ3n) is 2.47. The van der Waals surface area contributed by atoms with Crippen molar-refractivity contribution in [3.8, 4) is 5.75 Å². The van der Waals surface area contributed by atoms with Gasteiger partial charge in [-0.25, -0.2) is 0 Å². The van der Waals surface area contributed by atoms with Crippen LogP contribution in [0.15, 0.2) is 61.4 Å². The second-order valence-corrected chi connectivity index (χ2v) is 3.83. The average molecular weight is 291 g/mol. The van der Waals surface area contributed by atoms with Crippen LogP contribution in [0.4, 0.5) is 5.69 Å². The summed E-state index contributed by atoms with van der Waals surface area (Å²) in [5.41, 5.74) is 1.64. The fraction of sp³-hybridized carbons (Fsp3) is 0.0667. The van der Waals surface area contributed by atoms with Crippen molar-refractivity contribution < 1.29 is 9.53 Å². The van der Waals surface area contributed by atoms with Crippen molar-refractivity contribution in [3.05, 3.63) is 67.0 Å². The van der Waals surface area contributed by atoms with Gasteiger partial charge in [-0.3, -0.25) is 9.78 Å². The van der Waals surface area contributed by atoms with Crippen LogP contribution in [0.5, 0.6) is 5.75 Å². The van der Waals surface area contributed by atoms with E-state index in [1.54, 1.807) is 24.5 Å². The molecule has 104 valence electrons. The minimum atomic E-state index is -0.264. The highest BCUT2D eigenvalue weighted by atomic mass is 35.5. The van der Waals surface area contributed by atoms with Crippen molar-refractivity contribution in [1.29, 1.82) is 0 Å². The second-order valence-electron chi connectivity index (χ2n) is 3.83. The minimum absolute atomic E-state index is 0. The molecular weight excluding hydrogens is 276 g/mol. The molecule has 0 aliphatic rings. The van der Waals surface area contributed by atoms with Gasteiger partial charge in [0.25, 0.3) is 0 Å². The van der Waals surface area contributed by atoms with Gasteiger partial charge < -0.3 is 10.1 Å². The van der Waals surface area contributed by atoms with Crippen molar-refractivity contribution in [2.45, 2.75) is 6.61 Å². The molecule has 0 atom stereocenters. The van der Waals surface area contributed by atoms with Crippen LogP contribution in [-0.2, 0) is 11.4 Å². The number of amides is 1. The molecule has 0 spiro atoms. The molecule has 0 fully saturated rings. The van der Waals surface area contributed by atoms with Crippen molar-refractivity contribution in [1.82, 2.24) is 4.98 Å². The number of ether oxygens (including phenoxy) is 1. The molecule has 1 heterocycles. The zero-order valence-electron chi connectivity index (χ0n) is 10.8. The van der Waals surface area contributed by atoms with E-state index in [1.165, 1.54) is 6.08 Å². The summed E-state index contributed by atoms with van der Waals surface area (Å²) < 4.78 is 5.69. The molecule has 2 rings (SSSR count). The number of benzene rings is 1. The van der Waals surface area contributed by atoms with Crippen LogP contribution in [0.1, 0.15) is 5.56 Å². The number of para-hydroxylation sites is 2. The van der Waals surface area contributed by atoms with Gasteiger partial charge in [0.1, 0.15) is 12.4 Å². The first kappa shape index (κ1) is 15.7. The molecule has 0 saturated heterocycles. The van der Waals surface area contributed by atoms with E-state index >= 15 is 0 Å². The molecule has 0 bridgehead atoms. The molecular formula is C15H15ClN2O2. The Morgan fingerprint density at radius 1 is 1.25 bits per heavy atom. The maximum atomic E-state index is 11.3. The smallest absolute Gasteiger partial charge is 0.247 e. The highest BCUT2D eigenvalue weighted by Gasteiger charge is 2.05. The predicted octanol–water partition coefficient (Wildman–Crippen LogP) is 3.21. The zero-order chi connectivity index (χ0) is 13.5. The molecule has 0 unspecified atom stereocenters. The fourth-order valence-electron chi connectivity index (χ4n) is 1.52. The third kappa shape index (κ3) is 4.40. The van der Waals surface area contributed by atoms with E-state index in [2.05, 4.69) is 16.9 Å². The van der Waals surface area contributed by atoms with Crippen LogP contribution >= 0.6 is 12.4 Å². The highest BCUT2D eigenvalue weighted by Crippen LogP contribution is 2.24. The van der Waals surface area contributed by atoms with Gasteiger partial charge in [0.2, 0.25) is 5.91 Å². The Morgan fingerprint density at radius 2 is 1.95 bits per heavy atom. The van der Waals surface area contributed by atoms with Crippen LogP contribution in [0, 0.1) is 0 Å². The van der Waals surface area contributed by atoms with E-state index < -0.39 is 0 Å². The second kappa shape index (κ2) is 7.96. The summed E-state index contributed by atoms with van der Waals surface area (Å²) in [5.74, 6) is 0.356.